The van der Waals surface area contributed by atoms with Gasteiger partial charge in [-0.15, -0.1) is 39.6 Å². The molecule has 0 aromatic heterocycles. The standard InChI is InChI=1S/C9H13.3C4H7O.Zr/c1-2-3-6-9-7-4-5-8-9;3*1-2-3-4-5;/h4,7H,2-3,5-6H2,1H3;3*2H,1,3-4H2;/q;3*-1;+3. The van der Waals surface area contributed by atoms with Crippen LogP contribution in [0.5, 0.6) is 0 Å². The Labute approximate surface area is 170 Å². The van der Waals surface area contributed by atoms with Crippen molar-refractivity contribution < 1.29 is 40.0 Å². The van der Waals surface area contributed by atoms with E-state index in [0.717, 1.165) is 0 Å². The van der Waals surface area contributed by atoms with Crippen LogP contribution in [-0.2, 0) is 24.7 Å². The van der Waals surface area contributed by atoms with Crippen molar-refractivity contribution in [2.75, 3.05) is 19.8 Å². The van der Waals surface area contributed by atoms with E-state index in [1.807, 2.05) is 0 Å². The summed E-state index contributed by atoms with van der Waals surface area (Å²) in [7, 11) is 0. The molecule has 140 valence electrons. The van der Waals surface area contributed by atoms with Crippen LogP contribution in [0.1, 0.15) is 51.9 Å². The van der Waals surface area contributed by atoms with Crippen LogP contribution in [0.2, 0.25) is 0 Å². The molecule has 25 heavy (non-hydrogen) atoms. The Morgan fingerprint density at radius 1 is 0.960 bits per heavy atom. The van der Waals surface area contributed by atoms with Gasteiger partial charge in [0.25, 0.3) is 0 Å². The van der Waals surface area contributed by atoms with E-state index in [1.54, 1.807) is 51.8 Å². The summed E-state index contributed by atoms with van der Waals surface area (Å²) >= 11 is 1.61. The summed E-state index contributed by atoms with van der Waals surface area (Å²) in [5.74, 6) is 0. The third kappa shape index (κ3) is 28.5. The second-order valence-corrected chi connectivity index (χ2v) is 6.54. The minimum absolute atomic E-state index is 0.0243. The molecule has 4 heteroatoms. The fraction of sp³-hybridized carbons (Fsp3) is 0.524. The van der Waals surface area contributed by atoms with E-state index < -0.39 is 0 Å². The Morgan fingerprint density at radius 3 is 1.60 bits per heavy atom. The van der Waals surface area contributed by atoms with E-state index in [1.165, 1.54) is 25.7 Å². The molecule has 1 aliphatic rings. The summed E-state index contributed by atoms with van der Waals surface area (Å²) in [6, 6.07) is 0. The number of unbranched alkanes of at least 4 members (excludes halogenated alkanes) is 1. The van der Waals surface area contributed by atoms with Crippen molar-refractivity contribution in [3.8, 4) is 0 Å². The maximum atomic E-state index is 9.46. The summed E-state index contributed by atoms with van der Waals surface area (Å²) in [5, 5.41) is 28.4. The predicted molar refractivity (Wildman–Crippen MR) is 99.4 cm³/mol. The van der Waals surface area contributed by atoms with E-state index in [2.05, 4.69) is 38.8 Å². The van der Waals surface area contributed by atoms with Crippen molar-refractivity contribution in [2.45, 2.75) is 51.9 Å². The van der Waals surface area contributed by atoms with Gasteiger partial charge in [0.05, 0.1) is 0 Å². The number of hydrogen-bond donors (Lipinski definition) is 0. The topological polar surface area (TPSA) is 69.2 Å². The Kier molecular flexibility index (Phi) is 33.1. The van der Waals surface area contributed by atoms with E-state index in [0.29, 0.717) is 19.3 Å². The van der Waals surface area contributed by atoms with Gasteiger partial charge in [-0.2, -0.15) is 0 Å². The fourth-order valence-corrected chi connectivity index (χ4v) is 2.20. The Balaban J connectivity index is -0.000000279. The summed E-state index contributed by atoms with van der Waals surface area (Å²) in [5.41, 5.74) is 1.63. The summed E-state index contributed by atoms with van der Waals surface area (Å²) in [6.07, 6.45) is 16.5. The molecule has 0 spiro atoms. The second kappa shape index (κ2) is 28.3. The molecule has 3 nitrogen and oxygen atoms in total. The Morgan fingerprint density at radius 2 is 1.40 bits per heavy atom. The average Bonchev–Trinajstić information content (AvgIpc) is 3.02. The molecule has 0 aromatic rings. The molecule has 0 N–H and O–H groups in total. The van der Waals surface area contributed by atoms with Gasteiger partial charge < -0.3 is 15.3 Å². The predicted octanol–water partition coefficient (Wildman–Crippen LogP) is 2.71. The van der Waals surface area contributed by atoms with Crippen LogP contribution >= 0.6 is 0 Å². The van der Waals surface area contributed by atoms with Gasteiger partial charge in [0.1, 0.15) is 0 Å². The molecule has 0 atom stereocenters. The van der Waals surface area contributed by atoms with Crippen molar-refractivity contribution in [3.05, 3.63) is 59.0 Å². The molecule has 0 aliphatic heterocycles. The zero-order valence-electron chi connectivity index (χ0n) is 15.8. The molecule has 0 amide bonds. The minimum atomic E-state index is -0.0243. The molecular formula is C21H34O3Zr. The van der Waals surface area contributed by atoms with Crippen molar-refractivity contribution in [1.82, 2.24) is 0 Å². The summed E-state index contributed by atoms with van der Waals surface area (Å²) in [6.45, 7) is 12.2. The molecule has 0 saturated heterocycles. The van der Waals surface area contributed by atoms with E-state index >= 15 is 0 Å². The second-order valence-electron chi connectivity index (χ2n) is 5.06. The van der Waals surface area contributed by atoms with Gasteiger partial charge in [-0.25, -0.2) is 0 Å². The molecule has 0 radical (unpaired) electrons. The Hall–Kier alpha value is -0.537. The van der Waals surface area contributed by atoms with Crippen LogP contribution < -0.4 is 15.3 Å². The molecule has 1 rings (SSSR count). The van der Waals surface area contributed by atoms with Gasteiger partial charge >= 0.3 is 78.3 Å². The molecule has 0 fully saturated rings. The van der Waals surface area contributed by atoms with E-state index in [4.69, 9.17) is 0 Å². The molecule has 0 heterocycles. The Bertz CT molecular complexity index is 336. The molecule has 0 aromatic carbocycles. The van der Waals surface area contributed by atoms with Gasteiger partial charge in [0.2, 0.25) is 0 Å². The third-order valence-corrected chi connectivity index (χ3v) is 4.09. The molecule has 0 bridgehead atoms. The fourth-order valence-electron chi connectivity index (χ4n) is 1.40. The normalized spacial score (nSPS) is 11.3. The summed E-state index contributed by atoms with van der Waals surface area (Å²) in [4.78, 5) is 0. The third-order valence-electron chi connectivity index (χ3n) is 2.79. The number of hydrogen-bond acceptors (Lipinski definition) is 3. The zero-order valence-corrected chi connectivity index (χ0v) is 18.3. The van der Waals surface area contributed by atoms with Crippen LogP contribution in [0.4, 0.5) is 0 Å². The summed E-state index contributed by atoms with van der Waals surface area (Å²) < 4.78 is 1.67. The van der Waals surface area contributed by atoms with Gasteiger partial charge in [-0.3, -0.25) is 0 Å². The van der Waals surface area contributed by atoms with Gasteiger partial charge in [0.15, 0.2) is 0 Å². The van der Waals surface area contributed by atoms with E-state index in [9.17, 15) is 15.3 Å². The SMILES string of the molecule is C=CCC[O-].C=CCC[O-].C=CCC[O-].CCCCC1=[C]([Zr+3])CC=C1. The van der Waals surface area contributed by atoms with Crippen LogP contribution in [0.15, 0.2) is 59.0 Å². The van der Waals surface area contributed by atoms with Crippen LogP contribution in [-0.4, -0.2) is 19.8 Å². The van der Waals surface area contributed by atoms with Gasteiger partial charge in [-0.05, 0) is 0 Å². The average molecular weight is 426 g/mol. The van der Waals surface area contributed by atoms with Crippen molar-refractivity contribution in [2.24, 2.45) is 0 Å². The van der Waals surface area contributed by atoms with Crippen molar-refractivity contribution in [3.63, 3.8) is 0 Å². The zero-order chi connectivity index (χ0) is 19.8. The maximum absolute atomic E-state index is 9.46. The number of allylic oxidation sites excluding steroid dienone is 4. The molecule has 0 unspecified atom stereocenters. The first-order valence-corrected chi connectivity index (χ1v) is 9.99. The van der Waals surface area contributed by atoms with Crippen molar-refractivity contribution >= 4 is 0 Å². The first-order chi connectivity index (χ1) is 12.1. The first kappa shape index (κ1) is 29.2. The van der Waals surface area contributed by atoms with Crippen LogP contribution in [0.3, 0.4) is 0 Å². The first-order valence-electron chi connectivity index (χ1n) is 8.76. The number of rotatable bonds is 9. The van der Waals surface area contributed by atoms with Gasteiger partial charge in [0, 0.05) is 0 Å². The van der Waals surface area contributed by atoms with Crippen LogP contribution in [0.25, 0.3) is 0 Å². The van der Waals surface area contributed by atoms with E-state index in [-0.39, 0.29) is 19.8 Å². The molecule has 1 aliphatic carbocycles. The molecule has 0 saturated carbocycles. The monoisotopic (exact) mass is 424 g/mol. The van der Waals surface area contributed by atoms with Crippen LogP contribution in [0, 0.1) is 0 Å². The van der Waals surface area contributed by atoms with Crippen molar-refractivity contribution in [1.29, 1.82) is 0 Å². The quantitative estimate of drug-likeness (QED) is 0.533. The molecular weight excluding hydrogens is 391 g/mol. The van der Waals surface area contributed by atoms with Gasteiger partial charge in [-0.1, -0.05) is 37.5 Å².